The second kappa shape index (κ2) is 8.25. The Bertz CT molecular complexity index is 119. The lowest BCUT2D eigenvalue weighted by Crippen LogP contribution is -2.36. The van der Waals surface area contributed by atoms with Crippen LogP contribution in [0, 0.1) is 0 Å². The molecule has 1 aliphatic rings. The highest BCUT2D eigenvalue weighted by Crippen LogP contribution is 2.07. The predicted octanol–water partition coefficient (Wildman–Crippen LogP) is 2.25. The summed E-state index contributed by atoms with van der Waals surface area (Å²) in [6.45, 7) is 8.57. The summed E-state index contributed by atoms with van der Waals surface area (Å²) in [6, 6.07) is 0. The number of unbranched alkanes of at least 4 members (excludes halogenated alkanes) is 2. The fourth-order valence-electron chi connectivity index (χ4n) is 2.05. The van der Waals surface area contributed by atoms with E-state index >= 15 is 0 Å². The van der Waals surface area contributed by atoms with Gasteiger partial charge in [0, 0.05) is 13.1 Å². The van der Waals surface area contributed by atoms with Crippen LogP contribution in [0.1, 0.15) is 45.4 Å². The molecule has 1 fully saturated rings. The van der Waals surface area contributed by atoms with Crippen molar-refractivity contribution < 1.29 is 0 Å². The van der Waals surface area contributed by atoms with Gasteiger partial charge in [0.1, 0.15) is 0 Å². The smallest absolute Gasteiger partial charge is 0.0107 e. The molecule has 1 heterocycles. The van der Waals surface area contributed by atoms with Crippen LogP contribution in [-0.4, -0.2) is 37.6 Å². The Morgan fingerprint density at radius 1 is 1.00 bits per heavy atom. The summed E-state index contributed by atoms with van der Waals surface area (Å²) in [5, 5.41) is 3.53. The number of hydrogen-bond acceptors (Lipinski definition) is 2. The summed E-state index contributed by atoms with van der Waals surface area (Å²) < 4.78 is 0. The van der Waals surface area contributed by atoms with Crippen molar-refractivity contribution in [2.45, 2.75) is 45.4 Å². The van der Waals surface area contributed by atoms with E-state index in [4.69, 9.17) is 0 Å². The first-order valence-electron chi connectivity index (χ1n) is 6.36. The minimum atomic E-state index is 1.18. The van der Waals surface area contributed by atoms with Gasteiger partial charge in [0.2, 0.25) is 0 Å². The molecule has 14 heavy (non-hydrogen) atoms. The van der Waals surface area contributed by atoms with E-state index < -0.39 is 0 Å². The summed E-state index contributed by atoms with van der Waals surface area (Å²) in [5.41, 5.74) is 0. The molecule has 0 atom stereocenters. The van der Waals surface area contributed by atoms with Crippen molar-refractivity contribution in [3.63, 3.8) is 0 Å². The van der Waals surface area contributed by atoms with E-state index in [0.717, 1.165) is 0 Å². The summed E-state index contributed by atoms with van der Waals surface area (Å²) in [5.74, 6) is 0. The van der Waals surface area contributed by atoms with Crippen LogP contribution in [0.3, 0.4) is 0 Å². The number of nitrogens with one attached hydrogen (secondary N) is 1. The molecular weight excluding hydrogens is 172 g/mol. The largest absolute Gasteiger partial charge is 0.315 e. The normalized spacial score (nSPS) is 18.6. The summed E-state index contributed by atoms with van der Waals surface area (Å²) >= 11 is 0. The molecule has 0 spiro atoms. The first-order chi connectivity index (χ1) is 6.93. The van der Waals surface area contributed by atoms with Crippen LogP contribution in [0.2, 0.25) is 0 Å². The van der Waals surface area contributed by atoms with Crippen LogP contribution in [0.25, 0.3) is 0 Å². The maximum absolute atomic E-state index is 3.53. The van der Waals surface area contributed by atoms with E-state index in [-0.39, 0.29) is 0 Å². The molecule has 0 aromatic carbocycles. The second-order valence-electron chi connectivity index (χ2n) is 4.36. The van der Waals surface area contributed by atoms with Gasteiger partial charge >= 0.3 is 0 Å². The van der Waals surface area contributed by atoms with Gasteiger partial charge in [0.05, 0.1) is 0 Å². The van der Waals surface area contributed by atoms with Gasteiger partial charge < -0.3 is 10.2 Å². The van der Waals surface area contributed by atoms with Crippen LogP contribution < -0.4 is 5.32 Å². The highest BCUT2D eigenvalue weighted by atomic mass is 15.1. The molecule has 84 valence electrons. The van der Waals surface area contributed by atoms with E-state index in [9.17, 15) is 0 Å². The topological polar surface area (TPSA) is 15.3 Å². The van der Waals surface area contributed by atoms with Gasteiger partial charge in [-0.2, -0.15) is 0 Å². The highest BCUT2D eigenvalue weighted by molar-refractivity contribution is 4.65. The number of nitrogens with zero attached hydrogens (tertiary/aromatic N) is 1. The van der Waals surface area contributed by atoms with Gasteiger partial charge in [-0.05, 0) is 38.9 Å². The van der Waals surface area contributed by atoms with Gasteiger partial charge in [-0.15, -0.1) is 0 Å². The molecule has 0 unspecified atom stereocenters. The Balaban J connectivity index is 1.82. The maximum Gasteiger partial charge on any atom is 0.0107 e. The molecule has 2 nitrogen and oxygen atoms in total. The highest BCUT2D eigenvalue weighted by Gasteiger charge is 2.08. The fourth-order valence-corrected chi connectivity index (χ4v) is 2.05. The molecule has 2 heteroatoms. The molecular formula is C12H26N2. The zero-order valence-electron chi connectivity index (χ0n) is 9.73. The third kappa shape index (κ3) is 5.61. The van der Waals surface area contributed by atoms with E-state index in [1.807, 2.05) is 0 Å². The minimum Gasteiger partial charge on any atom is -0.315 e. The lowest BCUT2D eigenvalue weighted by atomic mass is 10.1. The third-order valence-corrected chi connectivity index (χ3v) is 3.01. The van der Waals surface area contributed by atoms with Crippen molar-refractivity contribution in [1.29, 1.82) is 0 Å². The first kappa shape index (κ1) is 12.0. The predicted molar refractivity (Wildman–Crippen MR) is 62.7 cm³/mol. The Hall–Kier alpha value is -0.0800. The number of likely N-dealkylation sites (tertiary alicyclic amines) is 1. The third-order valence-electron chi connectivity index (χ3n) is 3.01. The number of hydrogen-bond donors (Lipinski definition) is 1. The molecule has 0 amide bonds. The van der Waals surface area contributed by atoms with Crippen LogP contribution in [-0.2, 0) is 0 Å². The van der Waals surface area contributed by atoms with Gasteiger partial charge in [-0.25, -0.2) is 0 Å². The van der Waals surface area contributed by atoms with Gasteiger partial charge in [0.25, 0.3) is 0 Å². The van der Waals surface area contributed by atoms with Crippen molar-refractivity contribution in [3.05, 3.63) is 0 Å². The maximum atomic E-state index is 3.53. The number of piperidine rings is 1. The molecule has 0 bridgehead atoms. The quantitative estimate of drug-likeness (QED) is 0.631. The van der Waals surface area contributed by atoms with Crippen molar-refractivity contribution in [2.24, 2.45) is 0 Å². The van der Waals surface area contributed by atoms with Crippen molar-refractivity contribution in [3.8, 4) is 0 Å². The van der Waals surface area contributed by atoms with E-state index in [1.54, 1.807) is 0 Å². The molecule has 1 saturated heterocycles. The van der Waals surface area contributed by atoms with E-state index in [0.29, 0.717) is 0 Å². The average molecular weight is 198 g/mol. The van der Waals surface area contributed by atoms with Crippen LogP contribution in [0.4, 0.5) is 0 Å². The molecule has 0 aliphatic carbocycles. The molecule has 0 radical (unpaired) electrons. The van der Waals surface area contributed by atoms with Crippen LogP contribution in [0.5, 0.6) is 0 Å². The fraction of sp³-hybridized carbons (Fsp3) is 1.00. The molecule has 0 aromatic heterocycles. The summed E-state index contributed by atoms with van der Waals surface area (Å²) in [7, 11) is 0. The van der Waals surface area contributed by atoms with E-state index in [1.165, 1.54) is 71.2 Å². The van der Waals surface area contributed by atoms with Crippen molar-refractivity contribution in [2.75, 3.05) is 32.7 Å². The van der Waals surface area contributed by atoms with Gasteiger partial charge in [-0.1, -0.05) is 26.2 Å². The number of rotatable bonds is 7. The second-order valence-corrected chi connectivity index (χ2v) is 4.36. The Morgan fingerprint density at radius 3 is 2.50 bits per heavy atom. The lowest BCUT2D eigenvalue weighted by molar-refractivity contribution is 0.229. The summed E-state index contributed by atoms with van der Waals surface area (Å²) in [6.07, 6.45) is 8.31. The van der Waals surface area contributed by atoms with Crippen LogP contribution in [0.15, 0.2) is 0 Å². The van der Waals surface area contributed by atoms with Crippen molar-refractivity contribution in [1.82, 2.24) is 10.2 Å². The Morgan fingerprint density at radius 2 is 1.79 bits per heavy atom. The Kier molecular flexibility index (Phi) is 7.06. The zero-order valence-corrected chi connectivity index (χ0v) is 9.73. The molecule has 1 N–H and O–H groups in total. The molecule has 1 aliphatic heterocycles. The lowest BCUT2D eigenvalue weighted by Gasteiger charge is -2.26. The van der Waals surface area contributed by atoms with Crippen LogP contribution >= 0.6 is 0 Å². The minimum absolute atomic E-state index is 1.18. The van der Waals surface area contributed by atoms with Gasteiger partial charge in [0.15, 0.2) is 0 Å². The SMILES string of the molecule is CCCCCNCCN1CCCCC1. The average Bonchev–Trinajstić information content (AvgIpc) is 2.25. The first-order valence-corrected chi connectivity index (χ1v) is 6.36. The monoisotopic (exact) mass is 198 g/mol. The van der Waals surface area contributed by atoms with Gasteiger partial charge in [-0.3, -0.25) is 0 Å². The Labute approximate surface area is 89.1 Å². The van der Waals surface area contributed by atoms with E-state index in [2.05, 4.69) is 17.1 Å². The molecule has 1 rings (SSSR count). The zero-order chi connectivity index (χ0) is 10.1. The van der Waals surface area contributed by atoms with Crippen molar-refractivity contribution >= 4 is 0 Å². The molecule has 0 saturated carbocycles. The molecule has 0 aromatic rings. The summed E-state index contributed by atoms with van der Waals surface area (Å²) in [4.78, 5) is 2.59. The standard InChI is InChI=1S/C12H26N2/c1-2-3-5-8-13-9-12-14-10-6-4-7-11-14/h13H,2-12H2,1H3.